The molecular weight excluding hydrogens is 374 g/mol. The third-order valence-electron chi connectivity index (χ3n) is 4.37. The summed E-state index contributed by atoms with van der Waals surface area (Å²) in [5.41, 5.74) is 5.14. The summed E-state index contributed by atoms with van der Waals surface area (Å²) in [6.07, 6.45) is 4.94. The molecule has 1 aliphatic rings. The molecule has 27 heavy (non-hydrogen) atoms. The predicted octanol–water partition coefficient (Wildman–Crippen LogP) is -1.03. The molecule has 10 nitrogen and oxygen atoms in total. The van der Waals surface area contributed by atoms with E-state index in [9.17, 15) is 22.8 Å². The number of ketones is 1. The Bertz CT molecular complexity index is 819. The maximum absolute atomic E-state index is 12.6. The van der Waals surface area contributed by atoms with E-state index in [1.165, 1.54) is 23.5 Å². The second-order valence-electron chi connectivity index (χ2n) is 6.63. The van der Waals surface area contributed by atoms with Gasteiger partial charge in [-0.1, -0.05) is 6.92 Å². The molecule has 0 saturated carbocycles. The van der Waals surface area contributed by atoms with Gasteiger partial charge in [0.05, 0.1) is 25.3 Å². The molecule has 11 heteroatoms. The van der Waals surface area contributed by atoms with Gasteiger partial charge in [-0.2, -0.15) is 4.31 Å². The first-order chi connectivity index (χ1) is 12.6. The summed E-state index contributed by atoms with van der Waals surface area (Å²) in [6, 6.07) is -0.776. The summed E-state index contributed by atoms with van der Waals surface area (Å²) in [7, 11) is -2.22. The van der Waals surface area contributed by atoms with Crippen molar-refractivity contribution in [2.75, 3.05) is 13.1 Å². The monoisotopic (exact) mass is 398 g/mol. The quantitative estimate of drug-likeness (QED) is 0.601. The number of Topliss-reactive ketones (excluding diaryl/α,β-unsaturated/α-hetero) is 1. The zero-order valence-electron chi connectivity index (χ0n) is 15.3. The number of amides is 2. The van der Waals surface area contributed by atoms with Gasteiger partial charge < -0.3 is 15.6 Å². The lowest BCUT2D eigenvalue weighted by Crippen LogP contribution is -2.44. The van der Waals surface area contributed by atoms with E-state index in [1.807, 2.05) is 0 Å². The molecule has 3 N–H and O–H groups in total. The number of nitrogens with two attached hydrogens (primary N) is 1. The Morgan fingerprint density at radius 3 is 2.78 bits per heavy atom. The zero-order chi connectivity index (χ0) is 20.2. The summed E-state index contributed by atoms with van der Waals surface area (Å²) in [4.78, 5) is 39.3. The number of primary amides is 1. The number of carbonyl (C=O) groups is 3. The van der Waals surface area contributed by atoms with E-state index in [2.05, 4.69) is 10.3 Å². The van der Waals surface area contributed by atoms with Gasteiger partial charge in [0.15, 0.2) is 10.8 Å². The minimum atomic E-state index is -3.87. The van der Waals surface area contributed by atoms with E-state index in [1.54, 1.807) is 14.0 Å². The summed E-state index contributed by atoms with van der Waals surface area (Å²) in [5, 5.41) is 2.46. The van der Waals surface area contributed by atoms with Crippen LogP contribution < -0.4 is 11.1 Å². The van der Waals surface area contributed by atoms with Crippen molar-refractivity contribution < 1.29 is 22.8 Å². The topological polar surface area (TPSA) is 144 Å². The highest BCUT2D eigenvalue weighted by Gasteiger charge is 2.34. The summed E-state index contributed by atoms with van der Waals surface area (Å²) >= 11 is 0. The minimum absolute atomic E-state index is 0.117. The number of aromatic nitrogens is 2. The van der Waals surface area contributed by atoms with E-state index < -0.39 is 39.6 Å². The molecule has 1 aromatic rings. The van der Waals surface area contributed by atoms with Crippen LogP contribution in [-0.4, -0.2) is 59.0 Å². The average Bonchev–Trinajstić information content (AvgIpc) is 2.95. The molecule has 1 saturated heterocycles. The number of hydrogen-bond donors (Lipinski definition) is 2. The fraction of sp³-hybridized carbons (Fsp3) is 0.562. The first kappa shape index (κ1) is 21.0. The molecule has 1 fully saturated rings. The lowest BCUT2D eigenvalue weighted by atomic mass is 10.0. The lowest BCUT2D eigenvalue weighted by Gasteiger charge is -2.18. The summed E-state index contributed by atoms with van der Waals surface area (Å²) in [6.45, 7) is 1.43. The lowest BCUT2D eigenvalue weighted by molar-refractivity contribution is -0.126. The van der Waals surface area contributed by atoms with Crippen LogP contribution in [0.5, 0.6) is 0 Å². The Morgan fingerprint density at radius 1 is 1.48 bits per heavy atom. The van der Waals surface area contributed by atoms with Crippen molar-refractivity contribution in [3.05, 3.63) is 18.9 Å². The fourth-order valence-electron chi connectivity index (χ4n) is 2.64. The van der Waals surface area contributed by atoms with Crippen LogP contribution in [0.1, 0.15) is 26.2 Å². The third kappa shape index (κ3) is 5.36. The molecule has 2 amide bonds. The van der Waals surface area contributed by atoms with Crippen LogP contribution >= 0.6 is 0 Å². The van der Waals surface area contributed by atoms with Gasteiger partial charge in [0.1, 0.15) is 0 Å². The highest BCUT2D eigenvalue weighted by molar-refractivity contribution is 7.89. The molecule has 0 aromatic carbocycles. The minimum Gasteiger partial charge on any atom is -0.369 e. The van der Waals surface area contributed by atoms with Crippen LogP contribution in [0.15, 0.2) is 17.6 Å². The van der Waals surface area contributed by atoms with E-state index in [0.717, 1.165) is 4.31 Å². The van der Waals surface area contributed by atoms with Gasteiger partial charge in [0.2, 0.25) is 11.8 Å². The van der Waals surface area contributed by atoms with Gasteiger partial charge in [0.25, 0.3) is 10.0 Å². The molecule has 2 atom stereocenters. The first-order valence-corrected chi connectivity index (χ1v) is 9.99. The maximum Gasteiger partial charge on any atom is 0.262 e. The molecule has 1 unspecified atom stereocenters. The normalized spacial score (nSPS) is 20.1. The van der Waals surface area contributed by atoms with Crippen LogP contribution in [0.2, 0.25) is 0 Å². The smallest absolute Gasteiger partial charge is 0.262 e. The Balaban J connectivity index is 1.97. The van der Waals surface area contributed by atoms with Crippen molar-refractivity contribution in [3.8, 4) is 0 Å². The van der Waals surface area contributed by atoms with Gasteiger partial charge in [0, 0.05) is 25.7 Å². The van der Waals surface area contributed by atoms with E-state index in [4.69, 9.17) is 5.73 Å². The first-order valence-electron chi connectivity index (χ1n) is 8.55. The van der Waals surface area contributed by atoms with Gasteiger partial charge in [-0.15, -0.1) is 0 Å². The average molecular weight is 398 g/mol. The number of nitrogens with one attached hydrogen (secondary N) is 1. The molecule has 2 heterocycles. The summed E-state index contributed by atoms with van der Waals surface area (Å²) < 4.78 is 27.9. The Morgan fingerprint density at radius 2 is 2.19 bits per heavy atom. The molecular formula is C16H24N5O5S. The second kappa shape index (κ2) is 8.61. The molecule has 1 aromatic heterocycles. The predicted molar refractivity (Wildman–Crippen MR) is 95.4 cm³/mol. The number of rotatable bonds is 7. The fourth-order valence-corrected chi connectivity index (χ4v) is 4.05. The van der Waals surface area contributed by atoms with Gasteiger partial charge in [-0.25, -0.2) is 13.4 Å². The van der Waals surface area contributed by atoms with Crippen molar-refractivity contribution in [2.45, 2.75) is 37.3 Å². The van der Waals surface area contributed by atoms with Crippen LogP contribution in [0.4, 0.5) is 0 Å². The highest BCUT2D eigenvalue weighted by atomic mass is 32.2. The standard InChI is InChI=1S/C16H24N5O5S/c1-11(16(17)24)5-6-14(23)19-12-4-3-7-21(8-13(12)22)27(25,26)15-9-20(2)10-18-15/h6,9-12H,3-5,7-8H2,1-2H3,(H2,17,24)(H,19,23)/t11?,12-/m0/s1. The van der Waals surface area contributed by atoms with E-state index in [-0.39, 0.29) is 24.5 Å². The van der Waals surface area contributed by atoms with Crippen LogP contribution in [0.3, 0.4) is 0 Å². The SMILES string of the molecule is CC(C[CH]C(=O)N[C@H]1CCCN(S(=O)(=O)c2cn(C)cn2)CC1=O)C(N)=O. The van der Waals surface area contributed by atoms with E-state index >= 15 is 0 Å². The molecule has 2 rings (SSSR count). The highest BCUT2D eigenvalue weighted by Crippen LogP contribution is 2.18. The van der Waals surface area contributed by atoms with E-state index in [0.29, 0.717) is 12.8 Å². The van der Waals surface area contributed by atoms with Crippen molar-refractivity contribution in [3.63, 3.8) is 0 Å². The number of hydrogen-bond acceptors (Lipinski definition) is 6. The van der Waals surface area contributed by atoms with Gasteiger partial charge >= 0.3 is 0 Å². The molecule has 0 aliphatic carbocycles. The number of sulfonamides is 1. The van der Waals surface area contributed by atoms with Gasteiger partial charge in [-0.3, -0.25) is 14.4 Å². The Hall–Kier alpha value is -2.27. The number of imidazole rings is 1. The molecule has 149 valence electrons. The second-order valence-corrected chi connectivity index (χ2v) is 8.51. The van der Waals surface area contributed by atoms with Crippen molar-refractivity contribution in [1.29, 1.82) is 0 Å². The zero-order valence-corrected chi connectivity index (χ0v) is 16.1. The van der Waals surface area contributed by atoms with Gasteiger partial charge in [-0.05, 0) is 19.3 Å². The molecule has 0 bridgehead atoms. The van der Waals surface area contributed by atoms with Crippen LogP contribution in [-0.2, 0) is 31.5 Å². The summed E-state index contributed by atoms with van der Waals surface area (Å²) in [5.74, 6) is -1.88. The Kier molecular flexibility index (Phi) is 6.71. The molecule has 1 radical (unpaired) electrons. The molecule has 0 spiro atoms. The Labute approximate surface area is 158 Å². The third-order valence-corrected chi connectivity index (χ3v) is 6.10. The van der Waals surface area contributed by atoms with Crippen molar-refractivity contribution >= 4 is 27.6 Å². The maximum atomic E-state index is 12.6. The number of nitrogens with zero attached hydrogens (tertiary/aromatic N) is 3. The van der Waals surface area contributed by atoms with Crippen molar-refractivity contribution in [1.82, 2.24) is 19.2 Å². The van der Waals surface area contributed by atoms with Crippen molar-refractivity contribution in [2.24, 2.45) is 18.7 Å². The van der Waals surface area contributed by atoms with Crippen LogP contribution in [0.25, 0.3) is 0 Å². The number of aryl methyl sites for hydroxylation is 1. The number of carbonyl (C=O) groups excluding carboxylic acids is 3. The largest absolute Gasteiger partial charge is 0.369 e. The van der Waals surface area contributed by atoms with Crippen LogP contribution in [0, 0.1) is 12.3 Å². The molecule has 1 aliphatic heterocycles.